The molecule has 0 aliphatic carbocycles. The van der Waals surface area contributed by atoms with Crippen LogP contribution >= 0.6 is 0 Å². The number of anilines is 1. The Kier molecular flexibility index (Phi) is 10.5. The fraction of sp³-hybridized carbons (Fsp3) is 0.367. The predicted octanol–water partition coefficient (Wildman–Crippen LogP) is 4.03. The van der Waals surface area contributed by atoms with Crippen LogP contribution in [-0.4, -0.2) is 66.2 Å². The van der Waals surface area contributed by atoms with Gasteiger partial charge < -0.3 is 14.8 Å². The third kappa shape index (κ3) is 8.02. The Hall–Kier alpha value is -3.61. The quantitative estimate of drug-likeness (QED) is 0.288. The third-order valence-corrected chi connectivity index (χ3v) is 9.85. The highest BCUT2D eigenvalue weighted by molar-refractivity contribution is 7.92. The van der Waals surface area contributed by atoms with Gasteiger partial charge in [0.05, 0.1) is 36.5 Å². The molecule has 0 saturated carbocycles. The highest BCUT2D eigenvalue weighted by Gasteiger charge is 2.26. The summed E-state index contributed by atoms with van der Waals surface area (Å²) in [5, 5.41) is 2.79. The smallest absolute Gasteiger partial charge is 0.251 e. The first-order chi connectivity index (χ1) is 20.1. The molecule has 0 radical (unpaired) electrons. The van der Waals surface area contributed by atoms with Crippen LogP contribution in [0.25, 0.3) is 0 Å². The summed E-state index contributed by atoms with van der Waals surface area (Å²) in [5.74, 6) is 0.685. The van der Waals surface area contributed by atoms with Crippen molar-refractivity contribution in [3.05, 3.63) is 83.9 Å². The number of rotatable bonds is 13. The zero-order valence-corrected chi connectivity index (χ0v) is 25.5. The Morgan fingerprint density at radius 1 is 0.881 bits per heavy atom. The minimum absolute atomic E-state index is 0.0801. The standard InChI is InChI=1S/C30H37N3O7S2/c1-3-39-29-10-6-5-9-28(29)33(41(2,35)36)23-24-11-13-25(14-12-24)30(34)31-19-22-40-26-15-17-27(18-16-26)42(37,38)32-20-7-4-8-21-32/h5-6,9-18H,3-4,7-8,19-23H2,1-2H3,(H,31,34). The van der Waals surface area contributed by atoms with E-state index < -0.39 is 20.0 Å². The molecule has 0 unspecified atom stereocenters. The van der Waals surface area contributed by atoms with Gasteiger partial charge in [-0.15, -0.1) is 0 Å². The van der Waals surface area contributed by atoms with Gasteiger partial charge in [-0.1, -0.05) is 30.7 Å². The summed E-state index contributed by atoms with van der Waals surface area (Å²) in [4.78, 5) is 12.9. The fourth-order valence-electron chi connectivity index (χ4n) is 4.65. The maximum Gasteiger partial charge on any atom is 0.251 e. The molecule has 1 aliphatic rings. The lowest BCUT2D eigenvalue weighted by molar-refractivity contribution is 0.0947. The summed E-state index contributed by atoms with van der Waals surface area (Å²) in [6.07, 6.45) is 3.95. The van der Waals surface area contributed by atoms with Crippen molar-refractivity contribution in [3.63, 3.8) is 0 Å². The molecule has 1 saturated heterocycles. The summed E-state index contributed by atoms with van der Waals surface area (Å²) in [7, 11) is -7.11. The monoisotopic (exact) mass is 615 g/mol. The van der Waals surface area contributed by atoms with Crippen molar-refractivity contribution in [3.8, 4) is 11.5 Å². The molecule has 0 bridgehead atoms. The van der Waals surface area contributed by atoms with Gasteiger partial charge in [0, 0.05) is 18.7 Å². The Labute approximate surface area is 248 Å². The Balaban J connectivity index is 1.29. The van der Waals surface area contributed by atoms with Gasteiger partial charge >= 0.3 is 0 Å². The number of hydrogen-bond donors (Lipinski definition) is 1. The summed E-state index contributed by atoms with van der Waals surface area (Å²) in [6.45, 7) is 3.85. The van der Waals surface area contributed by atoms with Gasteiger partial charge in [0.2, 0.25) is 20.0 Å². The largest absolute Gasteiger partial charge is 0.492 e. The highest BCUT2D eigenvalue weighted by atomic mass is 32.2. The normalized spacial score (nSPS) is 14.2. The first-order valence-electron chi connectivity index (χ1n) is 13.9. The average Bonchev–Trinajstić information content (AvgIpc) is 2.99. The lowest BCUT2D eigenvalue weighted by atomic mass is 10.1. The molecular weight excluding hydrogens is 578 g/mol. The van der Waals surface area contributed by atoms with E-state index >= 15 is 0 Å². The molecule has 226 valence electrons. The average molecular weight is 616 g/mol. The van der Waals surface area contributed by atoms with Crippen LogP contribution < -0.4 is 19.1 Å². The maximum absolute atomic E-state index is 12.8. The zero-order chi connectivity index (χ0) is 30.2. The molecule has 4 rings (SSSR count). The molecule has 1 N–H and O–H groups in total. The number of carbonyl (C=O) groups excluding carboxylic acids is 1. The molecule has 0 aromatic heterocycles. The van der Waals surface area contributed by atoms with E-state index in [9.17, 15) is 21.6 Å². The Morgan fingerprint density at radius 2 is 1.55 bits per heavy atom. The van der Waals surface area contributed by atoms with Gasteiger partial charge in [-0.3, -0.25) is 9.10 Å². The van der Waals surface area contributed by atoms with E-state index in [-0.39, 0.29) is 30.5 Å². The first kappa shape index (κ1) is 31.3. The fourth-order valence-corrected chi connectivity index (χ4v) is 7.06. The van der Waals surface area contributed by atoms with Crippen LogP contribution in [0.4, 0.5) is 5.69 Å². The van der Waals surface area contributed by atoms with Gasteiger partial charge in [0.1, 0.15) is 18.1 Å². The number of ether oxygens (including phenoxy) is 2. The molecule has 3 aromatic rings. The molecule has 1 fully saturated rings. The second-order valence-electron chi connectivity index (χ2n) is 9.91. The number of amides is 1. The molecule has 3 aromatic carbocycles. The van der Waals surface area contributed by atoms with Crippen molar-refractivity contribution < 1.29 is 31.1 Å². The van der Waals surface area contributed by atoms with Crippen molar-refractivity contribution >= 4 is 31.6 Å². The summed E-state index contributed by atoms with van der Waals surface area (Å²) in [5.41, 5.74) is 1.57. The number of sulfonamides is 2. The minimum Gasteiger partial charge on any atom is -0.492 e. The number of benzene rings is 3. The summed E-state index contributed by atoms with van der Waals surface area (Å²) >= 11 is 0. The van der Waals surface area contributed by atoms with Gasteiger partial charge in [-0.05, 0) is 73.9 Å². The molecule has 1 heterocycles. The summed E-state index contributed by atoms with van der Waals surface area (Å²) < 4.78 is 64.9. The van der Waals surface area contributed by atoms with E-state index in [1.165, 1.54) is 8.61 Å². The number of carbonyl (C=O) groups is 1. The number of para-hydroxylation sites is 2. The topological polar surface area (TPSA) is 122 Å². The molecule has 0 spiro atoms. The van der Waals surface area contributed by atoms with Crippen LogP contribution in [0.3, 0.4) is 0 Å². The molecule has 1 aliphatic heterocycles. The van der Waals surface area contributed by atoms with Crippen molar-refractivity contribution in [1.82, 2.24) is 9.62 Å². The van der Waals surface area contributed by atoms with Gasteiger partial charge in [0.25, 0.3) is 5.91 Å². The van der Waals surface area contributed by atoms with Crippen LogP contribution in [0, 0.1) is 0 Å². The lowest BCUT2D eigenvalue weighted by Crippen LogP contribution is -2.35. The van der Waals surface area contributed by atoms with Crippen LogP contribution in [0.5, 0.6) is 11.5 Å². The van der Waals surface area contributed by atoms with E-state index in [0.29, 0.717) is 48.0 Å². The molecule has 42 heavy (non-hydrogen) atoms. The molecule has 0 atom stereocenters. The van der Waals surface area contributed by atoms with E-state index in [2.05, 4.69) is 5.32 Å². The summed E-state index contributed by atoms with van der Waals surface area (Å²) in [6, 6.07) is 20.0. The van der Waals surface area contributed by atoms with Gasteiger partial charge in [-0.2, -0.15) is 4.31 Å². The molecular formula is C30H37N3O7S2. The van der Waals surface area contributed by atoms with Crippen molar-refractivity contribution in [2.45, 2.75) is 37.6 Å². The third-order valence-electron chi connectivity index (χ3n) is 6.81. The van der Waals surface area contributed by atoms with Crippen molar-refractivity contribution in [2.75, 3.05) is 43.4 Å². The Morgan fingerprint density at radius 3 is 2.19 bits per heavy atom. The predicted molar refractivity (Wildman–Crippen MR) is 162 cm³/mol. The number of piperidine rings is 1. The number of nitrogens with one attached hydrogen (secondary N) is 1. The van der Waals surface area contributed by atoms with Crippen LogP contribution in [0.15, 0.2) is 77.7 Å². The Bertz CT molecular complexity index is 1550. The van der Waals surface area contributed by atoms with E-state index in [4.69, 9.17) is 9.47 Å². The zero-order valence-electron chi connectivity index (χ0n) is 23.9. The van der Waals surface area contributed by atoms with Crippen LogP contribution in [0.1, 0.15) is 42.1 Å². The van der Waals surface area contributed by atoms with Crippen LogP contribution in [0.2, 0.25) is 0 Å². The molecule has 12 heteroatoms. The van der Waals surface area contributed by atoms with Gasteiger partial charge in [0.15, 0.2) is 0 Å². The van der Waals surface area contributed by atoms with E-state index in [1.807, 2.05) is 6.92 Å². The minimum atomic E-state index is -3.61. The van der Waals surface area contributed by atoms with Crippen LogP contribution in [-0.2, 0) is 26.6 Å². The molecule has 1 amide bonds. The van der Waals surface area contributed by atoms with E-state index in [1.54, 1.807) is 72.8 Å². The second kappa shape index (κ2) is 14.0. The van der Waals surface area contributed by atoms with Crippen molar-refractivity contribution in [2.24, 2.45) is 0 Å². The van der Waals surface area contributed by atoms with Crippen molar-refractivity contribution in [1.29, 1.82) is 0 Å². The van der Waals surface area contributed by atoms with Gasteiger partial charge in [-0.25, -0.2) is 16.8 Å². The van der Waals surface area contributed by atoms with E-state index in [0.717, 1.165) is 25.5 Å². The second-order valence-corrected chi connectivity index (χ2v) is 13.8. The number of nitrogens with zero attached hydrogens (tertiary/aromatic N) is 2. The first-order valence-corrected chi connectivity index (χ1v) is 17.2. The lowest BCUT2D eigenvalue weighted by Gasteiger charge is -2.25. The molecule has 10 nitrogen and oxygen atoms in total. The SMILES string of the molecule is CCOc1ccccc1N(Cc1ccc(C(=O)NCCOc2ccc(S(=O)(=O)N3CCCCC3)cc2)cc1)S(C)(=O)=O. The number of hydrogen-bond acceptors (Lipinski definition) is 7. The maximum atomic E-state index is 12.8. The highest BCUT2D eigenvalue weighted by Crippen LogP contribution is 2.31.